The highest BCUT2D eigenvalue weighted by Crippen LogP contribution is 2.06. The minimum Gasteiger partial charge on any atom is -0.344 e. The Morgan fingerprint density at radius 1 is 1.33 bits per heavy atom. The molecule has 2 N–H and O–H groups in total. The van der Waals surface area contributed by atoms with Crippen molar-refractivity contribution < 1.29 is 4.79 Å². The summed E-state index contributed by atoms with van der Waals surface area (Å²) in [5.74, 6) is 0.563. The second-order valence-electron chi connectivity index (χ2n) is 4.70. The second-order valence-corrected chi connectivity index (χ2v) is 4.70. The van der Waals surface area contributed by atoms with Crippen LogP contribution < -0.4 is 5.73 Å². The van der Waals surface area contributed by atoms with Gasteiger partial charge in [0.2, 0.25) is 5.91 Å². The van der Waals surface area contributed by atoms with Gasteiger partial charge >= 0.3 is 0 Å². The summed E-state index contributed by atoms with van der Waals surface area (Å²) in [5.41, 5.74) is 5.83. The van der Waals surface area contributed by atoms with Crippen molar-refractivity contribution in [1.82, 2.24) is 4.90 Å². The van der Waals surface area contributed by atoms with Crippen molar-refractivity contribution in [1.29, 1.82) is 0 Å². The zero-order chi connectivity index (χ0) is 11.8. The lowest BCUT2D eigenvalue weighted by molar-refractivity contribution is -0.131. The van der Waals surface area contributed by atoms with Crippen LogP contribution in [0.5, 0.6) is 0 Å². The number of nitrogens with zero attached hydrogens (tertiary/aromatic N) is 1. The summed E-state index contributed by atoms with van der Waals surface area (Å²) >= 11 is 0. The summed E-state index contributed by atoms with van der Waals surface area (Å²) in [7, 11) is 1.85. The molecular formula is C12H26N2O. The fourth-order valence-corrected chi connectivity index (χ4v) is 1.60. The molecule has 0 aromatic heterocycles. The highest BCUT2D eigenvalue weighted by molar-refractivity contribution is 5.81. The van der Waals surface area contributed by atoms with Crippen molar-refractivity contribution in [3.8, 4) is 0 Å². The van der Waals surface area contributed by atoms with Crippen LogP contribution in [0.3, 0.4) is 0 Å². The molecule has 0 rings (SSSR count). The van der Waals surface area contributed by atoms with Gasteiger partial charge < -0.3 is 10.6 Å². The molecule has 0 bridgehead atoms. The summed E-state index contributed by atoms with van der Waals surface area (Å²) in [6.07, 6.45) is 4.21. The van der Waals surface area contributed by atoms with Crippen LogP contribution >= 0.6 is 0 Å². The van der Waals surface area contributed by atoms with Crippen molar-refractivity contribution in [2.45, 2.75) is 52.5 Å². The van der Waals surface area contributed by atoms with Crippen LogP contribution in [0.25, 0.3) is 0 Å². The minimum atomic E-state index is -0.323. The van der Waals surface area contributed by atoms with Gasteiger partial charge in [-0.2, -0.15) is 0 Å². The maximum Gasteiger partial charge on any atom is 0.239 e. The van der Waals surface area contributed by atoms with Gasteiger partial charge in [-0.25, -0.2) is 0 Å². The fraction of sp³-hybridized carbons (Fsp3) is 0.917. The Kier molecular flexibility index (Phi) is 7.39. The first-order chi connectivity index (χ1) is 6.99. The highest BCUT2D eigenvalue weighted by atomic mass is 16.2. The van der Waals surface area contributed by atoms with Gasteiger partial charge in [0.05, 0.1) is 6.04 Å². The molecule has 0 radical (unpaired) electrons. The van der Waals surface area contributed by atoms with E-state index in [1.54, 1.807) is 4.90 Å². The third kappa shape index (κ3) is 6.50. The van der Waals surface area contributed by atoms with Crippen LogP contribution in [0.15, 0.2) is 0 Å². The zero-order valence-electron chi connectivity index (χ0n) is 10.6. The number of nitrogens with two attached hydrogens (primary N) is 1. The lowest BCUT2D eigenvalue weighted by Gasteiger charge is -2.22. The van der Waals surface area contributed by atoms with E-state index in [2.05, 4.69) is 20.8 Å². The Balaban J connectivity index is 3.85. The molecule has 0 aromatic rings. The topological polar surface area (TPSA) is 46.3 Å². The molecule has 1 amide bonds. The smallest absolute Gasteiger partial charge is 0.239 e. The molecule has 0 saturated carbocycles. The summed E-state index contributed by atoms with van der Waals surface area (Å²) in [5, 5.41) is 0. The second kappa shape index (κ2) is 7.69. The molecule has 15 heavy (non-hydrogen) atoms. The normalized spacial score (nSPS) is 12.9. The summed E-state index contributed by atoms with van der Waals surface area (Å²) < 4.78 is 0. The molecule has 0 heterocycles. The molecule has 3 nitrogen and oxygen atoms in total. The SMILES string of the molecule is CCCCCN(C)C(=O)[C@H](N)CC(C)C. The number of amides is 1. The van der Waals surface area contributed by atoms with E-state index in [0.717, 1.165) is 19.4 Å². The molecule has 0 unspecified atom stereocenters. The molecule has 0 fully saturated rings. The van der Waals surface area contributed by atoms with Gasteiger partial charge in [-0.1, -0.05) is 33.6 Å². The van der Waals surface area contributed by atoms with Gasteiger partial charge in [0.15, 0.2) is 0 Å². The maximum atomic E-state index is 11.8. The maximum absolute atomic E-state index is 11.8. The first-order valence-corrected chi connectivity index (χ1v) is 5.99. The van der Waals surface area contributed by atoms with Crippen LogP contribution in [0.2, 0.25) is 0 Å². The largest absolute Gasteiger partial charge is 0.344 e. The molecule has 3 heteroatoms. The van der Waals surface area contributed by atoms with Crippen LogP contribution in [-0.4, -0.2) is 30.4 Å². The number of hydrogen-bond donors (Lipinski definition) is 1. The molecule has 0 aliphatic carbocycles. The van der Waals surface area contributed by atoms with Crippen molar-refractivity contribution >= 4 is 5.91 Å². The Morgan fingerprint density at radius 2 is 1.93 bits per heavy atom. The standard InChI is InChI=1S/C12H26N2O/c1-5-6-7-8-14(4)12(15)11(13)9-10(2)3/h10-11H,5-9,13H2,1-4H3/t11-/m1/s1. The lowest BCUT2D eigenvalue weighted by atomic mass is 10.0. The minimum absolute atomic E-state index is 0.0832. The molecular weight excluding hydrogens is 188 g/mol. The molecule has 0 spiro atoms. The molecule has 90 valence electrons. The number of unbranched alkanes of at least 4 members (excludes halogenated alkanes) is 2. The highest BCUT2D eigenvalue weighted by Gasteiger charge is 2.18. The van der Waals surface area contributed by atoms with Crippen LogP contribution in [0.1, 0.15) is 46.5 Å². The average molecular weight is 214 g/mol. The zero-order valence-corrected chi connectivity index (χ0v) is 10.6. The Morgan fingerprint density at radius 3 is 2.40 bits per heavy atom. The summed E-state index contributed by atoms with van der Waals surface area (Å²) in [4.78, 5) is 13.5. The molecule has 0 aliphatic rings. The first-order valence-electron chi connectivity index (χ1n) is 5.99. The van der Waals surface area contributed by atoms with E-state index in [1.165, 1.54) is 12.8 Å². The van der Waals surface area contributed by atoms with E-state index >= 15 is 0 Å². The Labute approximate surface area is 94.0 Å². The summed E-state index contributed by atoms with van der Waals surface area (Å²) in [6.45, 7) is 7.17. The van der Waals surface area contributed by atoms with Gasteiger partial charge in [0.25, 0.3) is 0 Å². The third-order valence-corrected chi connectivity index (χ3v) is 2.52. The van der Waals surface area contributed by atoms with E-state index in [4.69, 9.17) is 5.73 Å². The quantitative estimate of drug-likeness (QED) is 0.659. The van der Waals surface area contributed by atoms with Crippen molar-refractivity contribution in [3.63, 3.8) is 0 Å². The number of rotatable bonds is 7. The van der Waals surface area contributed by atoms with Gasteiger partial charge in [0, 0.05) is 13.6 Å². The number of likely N-dealkylation sites (N-methyl/N-ethyl adjacent to an activating group) is 1. The number of carbonyl (C=O) groups excluding carboxylic acids is 1. The Hall–Kier alpha value is -0.570. The predicted octanol–water partition coefficient (Wildman–Crippen LogP) is 2.01. The van der Waals surface area contributed by atoms with E-state index in [9.17, 15) is 4.79 Å². The van der Waals surface area contributed by atoms with E-state index in [1.807, 2.05) is 7.05 Å². The van der Waals surface area contributed by atoms with Gasteiger partial charge in [-0.15, -0.1) is 0 Å². The lowest BCUT2D eigenvalue weighted by Crippen LogP contribution is -2.42. The van der Waals surface area contributed by atoms with Gasteiger partial charge in [0.1, 0.15) is 0 Å². The van der Waals surface area contributed by atoms with E-state index in [-0.39, 0.29) is 11.9 Å². The molecule has 0 saturated heterocycles. The molecule has 1 atom stereocenters. The van der Waals surface area contributed by atoms with Crippen LogP contribution in [0, 0.1) is 5.92 Å². The van der Waals surface area contributed by atoms with E-state index in [0.29, 0.717) is 5.92 Å². The Bertz CT molecular complexity index is 180. The molecule has 0 aliphatic heterocycles. The van der Waals surface area contributed by atoms with Gasteiger partial charge in [-0.05, 0) is 18.8 Å². The van der Waals surface area contributed by atoms with E-state index < -0.39 is 0 Å². The number of hydrogen-bond acceptors (Lipinski definition) is 2. The van der Waals surface area contributed by atoms with Crippen LogP contribution in [-0.2, 0) is 4.79 Å². The number of carbonyl (C=O) groups is 1. The fourth-order valence-electron chi connectivity index (χ4n) is 1.60. The van der Waals surface area contributed by atoms with Crippen molar-refractivity contribution in [2.75, 3.05) is 13.6 Å². The first kappa shape index (κ1) is 14.4. The average Bonchev–Trinajstić information content (AvgIpc) is 2.15. The monoisotopic (exact) mass is 214 g/mol. The van der Waals surface area contributed by atoms with Crippen LogP contribution in [0.4, 0.5) is 0 Å². The van der Waals surface area contributed by atoms with Gasteiger partial charge in [-0.3, -0.25) is 4.79 Å². The third-order valence-electron chi connectivity index (χ3n) is 2.52. The summed E-state index contributed by atoms with van der Waals surface area (Å²) in [6, 6.07) is -0.323. The van der Waals surface area contributed by atoms with Crippen molar-refractivity contribution in [2.24, 2.45) is 11.7 Å². The molecule has 0 aromatic carbocycles. The predicted molar refractivity (Wildman–Crippen MR) is 64.6 cm³/mol. The van der Waals surface area contributed by atoms with Crippen molar-refractivity contribution in [3.05, 3.63) is 0 Å².